The van der Waals surface area contributed by atoms with Gasteiger partial charge in [0, 0.05) is 14.1 Å². The van der Waals surface area contributed by atoms with Crippen molar-refractivity contribution in [1.82, 2.24) is 29.7 Å². The van der Waals surface area contributed by atoms with Crippen LogP contribution in [0.1, 0.15) is 11.4 Å². The Balaban J connectivity index is 2.12. The molecule has 0 saturated heterocycles. The van der Waals surface area contributed by atoms with Gasteiger partial charge in [-0.05, 0) is 13.8 Å². The summed E-state index contributed by atoms with van der Waals surface area (Å²) >= 11 is 0. The molecule has 3 rings (SSSR count). The normalized spacial score (nSPS) is 11.0. The van der Waals surface area contributed by atoms with Gasteiger partial charge in [0.1, 0.15) is 11.2 Å². The number of hydrogen-bond acceptors (Lipinski definition) is 6. The van der Waals surface area contributed by atoms with Gasteiger partial charge in [0.15, 0.2) is 11.4 Å². The second-order valence-corrected chi connectivity index (χ2v) is 4.43. The van der Waals surface area contributed by atoms with Crippen LogP contribution in [0.4, 0.5) is 5.95 Å². The molecule has 0 atom stereocenters. The maximum atomic E-state index is 5.93. The Bertz CT molecular complexity index is 774. The molecule has 20 heavy (non-hydrogen) atoms. The van der Waals surface area contributed by atoms with Crippen LogP contribution in [0.5, 0.6) is 11.6 Å². The minimum atomic E-state index is 0.427. The molecule has 0 aliphatic rings. The highest BCUT2D eigenvalue weighted by molar-refractivity contribution is 5.77. The molecule has 3 heterocycles. The van der Waals surface area contributed by atoms with Gasteiger partial charge >= 0.3 is 0 Å². The Hall–Kier alpha value is -2.64. The van der Waals surface area contributed by atoms with Crippen LogP contribution in [0.2, 0.25) is 0 Å². The van der Waals surface area contributed by atoms with E-state index in [9.17, 15) is 0 Å². The van der Waals surface area contributed by atoms with Crippen molar-refractivity contribution < 1.29 is 4.74 Å². The van der Waals surface area contributed by atoms with Crippen molar-refractivity contribution in [2.24, 2.45) is 7.05 Å². The van der Waals surface area contributed by atoms with Gasteiger partial charge in [0.25, 0.3) is 5.88 Å². The fraction of sp³-hybridized carbons (Fsp3) is 0.333. The Labute approximate surface area is 115 Å². The smallest absolute Gasteiger partial charge is 0.250 e. The number of hydrogen-bond donors (Lipinski definition) is 2. The molecule has 104 valence electrons. The van der Waals surface area contributed by atoms with Gasteiger partial charge in [-0.2, -0.15) is 15.1 Å². The molecule has 0 aromatic carbocycles. The predicted molar refractivity (Wildman–Crippen MR) is 74.0 cm³/mol. The summed E-state index contributed by atoms with van der Waals surface area (Å²) in [5.41, 5.74) is 2.95. The minimum Gasteiger partial charge on any atom is -0.433 e. The van der Waals surface area contributed by atoms with Gasteiger partial charge in [-0.1, -0.05) is 0 Å². The van der Waals surface area contributed by atoms with Crippen LogP contribution in [0.15, 0.2) is 6.33 Å². The third-order valence-corrected chi connectivity index (χ3v) is 3.12. The zero-order valence-corrected chi connectivity index (χ0v) is 11.7. The molecule has 8 heteroatoms. The first-order chi connectivity index (χ1) is 9.60. The molecule has 8 nitrogen and oxygen atoms in total. The number of nitrogens with one attached hydrogen (secondary N) is 2. The summed E-state index contributed by atoms with van der Waals surface area (Å²) in [4.78, 5) is 15.7. The number of nitrogens with zero attached hydrogens (tertiary/aromatic N) is 5. The summed E-state index contributed by atoms with van der Waals surface area (Å²) in [5, 5.41) is 7.22. The summed E-state index contributed by atoms with van der Waals surface area (Å²) in [6, 6.07) is 0. The largest absolute Gasteiger partial charge is 0.433 e. The topological polar surface area (TPSA) is 93.5 Å². The van der Waals surface area contributed by atoms with Crippen LogP contribution < -0.4 is 10.1 Å². The van der Waals surface area contributed by atoms with Gasteiger partial charge in [0.2, 0.25) is 5.95 Å². The molecular formula is C12H15N7O. The van der Waals surface area contributed by atoms with Gasteiger partial charge in [0.05, 0.1) is 12.0 Å². The van der Waals surface area contributed by atoms with Gasteiger partial charge in [-0.15, -0.1) is 0 Å². The Morgan fingerprint density at radius 2 is 2.10 bits per heavy atom. The van der Waals surface area contributed by atoms with E-state index in [2.05, 4.69) is 30.4 Å². The van der Waals surface area contributed by atoms with Crippen molar-refractivity contribution in [1.29, 1.82) is 0 Å². The Morgan fingerprint density at radius 3 is 2.75 bits per heavy atom. The van der Waals surface area contributed by atoms with Crippen LogP contribution in [0, 0.1) is 13.8 Å². The minimum absolute atomic E-state index is 0.427. The third-order valence-electron chi connectivity index (χ3n) is 3.12. The van der Waals surface area contributed by atoms with Crippen LogP contribution in [0.25, 0.3) is 11.2 Å². The molecule has 0 bridgehead atoms. The summed E-state index contributed by atoms with van der Waals surface area (Å²) in [5.74, 6) is 1.58. The molecule has 3 aromatic rings. The van der Waals surface area contributed by atoms with Crippen LogP contribution in [-0.2, 0) is 7.05 Å². The number of aromatic amines is 1. The van der Waals surface area contributed by atoms with Crippen LogP contribution in [-0.4, -0.2) is 36.8 Å². The molecule has 0 saturated carbocycles. The van der Waals surface area contributed by atoms with E-state index in [-0.39, 0.29) is 0 Å². The SMILES string of the molecule is CNc1nc(Oc2c(C)nn(C)c2C)c2[nH]cnc2n1. The van der Waals surface area contributed by atoms with Crippen molar-refractivity contribution in [3.05, 3.63) is 17.7 Å². The second-order valence-electron chi connectivity index (χ2n) is 4.43. The lowest BCUT2D eigenvalue weighted by Crippen LogP contribution is -2.00. The number of ether oxygens (including phenoxy) is 1. The van der Waals surface area contributed by atoms with E-state index >= 15 is 0 Å². The summed E-state index contributed by atoms with van der Waals surface area (Å²) in [6.45, 7) is 3.84. The third kappa shape index (κ3) is 1.85. The van der Waals surface area contributed by atoms with E-state index in [1.54, 1.807) is 18.1 Å². The number of aromatic nitrogens is 6. The van der Waals surface area contributed by atoms with Gasteiger partial charge in [-0.3, -0.25) is 4.68 Å². The molecule has 0 spiro atoms. The highest BCUT2D eigenvalue weighted by atomic mass is 16.5. The van der Waals surface area contributed by atoms with E-state index in [0.29, 0.717) is 28.7 Å². The number of anilines is 1. The Kier molecular flexibility index (Phi) is 2.78. The zero-order valence-electron chi connectivity index (χ0n) is 11.7. The van der Waals surface area contributed by atoms with E-state index in [1.165, 1.54) is 0 Å². The fourth-order valence-electron chi connectivity index (χ4n) is 1.99. The first kappa shape index (κ1) is 12.4. The summed E-state index contributed by atoms with van der Waals surface area (Å²) in [7, 11) is 3.62. The summed E-state index contributed by atoms with van der Waals surface area (Å²) in [6.07, 6.45) is 1.56. The van der Waals surface area contributed by atoms with Crippen molar-refractivity contribution in [2.75, 3.05) is 12.4 Å². The molecule has 0 aliphatic heterocycles. The van der Waals surface area contributed by atoms with Crippen molar-refractivity contribution in [2.45, 2.75) is 13.8 Å². The number of imidazole rings is 1. The zero-order chi connectivity index (χ0) is 14.3. The molecule has 3 aromatic heterocycles. The lowest BCUT2D eigenvalue weighted by atomic mass is 10.3. The van der Waals surface area contributed by atoms with Crippen molar-refractivity contribution in [3.8, 4) is 11.6 Å². The first-order valence-electron chi connectivity index (χ1n) is 6.17. The lowest BCUT2D eigenvalue weighted by Gasteiger charge is -2.07. The van der Waals surface area contributed by atoms with E-state index in [1.807, 2.05) is 20.9 Å². The van der Waals surface area contributed by atoms with Crippen LogP contribution >= 0.6 is 0 Å². The quantitative estimate of drug-likeness (QED) is 0.751. The maximum Gasteiger partial charge on any atom is 0.250 e. The monoisotopic (exact) mass is 273 g/mol. The van der Waals surface area contributed by atoms with Crippen LogP contribution in [0.3, 0.4) is 0 Å². The second kappa shape index (κ2) is 4.48. The number of fused-ring (bicyclic) bond motifs is 1. The van der Waals surface area contributed by atoms with Crippen molar-refractivity contribution in [3.63, 3.8) is 0 Å². The molecular weight excluding hydrogens is 258 g/mol. The number of rotatable bonds is 3. The number of H-pyrrole nitrogens is 1. The molecule has 0 unspecified atom stereocenters. The molecule has 0 radical (unpaired) electrons. The first-order valence-corrected chi connectivity index (χ1v) is 6.17. The number of aryl methyl sites for hydroxylation is 2. The molecule has 0 aliphatic carbocycles. The highest BCUT2D eigenvalue weighted by Gasteiger charge is 2.16. The Morgan fingerprint density at radius 1 is 1.30 bits per heavy atom. The van der Waals surface area contributed by atoms with Gasteiger partial charge < -0.3 is 15.0 Å². The van der Waals surface area contributed by atoms with E-state index in [4.69, 9.17) is 4.74 Å². The molecule has 0 fully saturated rings. The predicted octanol–water partition coefficient (Wildman–Crippen LogP) is 1.54. The molecule has 0 amide bonds. The van der Waals surface area contributed by atoms with Gasteiger partial charge in [-0.25, -0.2) is 4.98 Å². The average Bonchev–Trinajstić information content (AvgIpc) is 2.99. The fourth-order valence-corrected chi connectivity index (χ4v) is 1.99. The average molecular weight is 273 g/mol. The lowest BCUT2D eigenvalue weighted by molar-refractivity contribution is 0.460. The van der Waals surface area contributed by atoms with E-state index < -0.39 is 0 Å². The van der Waals surface area contributed by atoms with E-state index in [0.717, 1.165) is 11.4 Å². The standard InChI is InChI=1S/C12H15N7O/c1-6-9(7(2)19(4)18-6)20-11-8-10(15-5-14-8)16-12(13-3)17-11/h5H,1-4H3,(H2,13,14,15,16,17). The molecule has 2 N–H and O–H groups in total. The van der Waals surface area contributed by atoms with Crippen molar-refractivity contribution >= 4 is 17.1 Å². The maximum absolute atomic E-state index is 5.93. The summed E-state index contributed by atoms with van der Waals surface area (Å²) < 4.78 is 7.70. The highest BCUT2D eigenvalue weighted by Crippen LogP contribution is 2.30.